The van der Waals surface area contributed by atoms with E-state index in [-0.39, 0.29) is 60.9 Å². The second-order valence-corrected chi connectivity index (χ2v) is 16.3. The van der Waals surface area contributed by atoms with Crippen molar-refractivity contribution in [1.29, 1.82) is 0 Å². The van der Waals surface area contributed by atoms with E-state index in [1.807, 2.05) is 25.2 Å². The van der Waals surface area contributed by atoms with Crippen LogP contribution in [0.2, 0.25) is 0 Å². The van der Waals surface area contributed by atoms with Gasteiger partial charge in [0.05, 0.1) is 10.6 Å². The van der Waals surface area contributed by atoms with Crippen LogP contribution in [-0.2, 0) is 27.6 Å². The van der Waals surface area contributed by atoms with Crippen molar-refractivity contribution in [2.45, 2.75) is 94.7 Å². The van der Waals surface area contributed by atoms with Crippen LogP contribution >= 0.6 is 37.2 Å². The molecule has 0 bridgehead atoms. The molecule has 4 atom stereocenters. The van der Waals surface area contributed by atoms with Gasteiger partial charge in [-0.25, -0.2) is 12.8 Å². The highest BCUT2D eigenvalue weighted by atomic mass is 35.5. The molecule has 0 radical (unpaired) electrons. The second kappa shape index (κ2) is 19.0. The first-order valence-corrected chi connectivity index (χ1v) is 19.0. The number of likely N-dealkylation sites (N-methyl/N-ethyl adjacent to an activating group) is 1. The molecule has 5 rings (SSSR count). The van der Waals surface area contributed by atoms with Crippen molar-refractivity contribution in [2.75, 3.05) is 32.9 Å². The monoisotopic (exact) mass is 774 g/mol. The van der Waals surface area contributed by atoms with E-state index in [2.05, 4.69) is 41.3 Å². The molecule has 1 aliphatic heterocycles. The molecule has 0 unspecified atom stereocenters. The van der Waals surface area contributed by atoms with Gasteiger partial charge in [-0.15, -0.1) is 37.2 Å². The second-order valence-electron chi connectivity index (χ2n) is 14.2. The number of likely N-dealkylation sites (tertiary alicyclic amines) is 1. The molecule has 0 spiro atoms. The minimum Gasteiger partial charge on any atom is -0.480 e. The third kappa shape index (κ3) is 10.9. The first kappa shape index (κ1) is 44.0. The number of aromatic nitrogens is 2. The zero-order valence-electron chi connectivity index (χ0n) is 29.7. The minimum atomic E-state index is -3.22. The van der Waals surface area contributed by atoms with Gasteiger partial charge in [0.1, 0.15) is 11.9 Å². The van der Waals surface area contributed by atoms with Gasteiger partial charge in [0.25, 0.3) is 0 Å². The van der Waals surface area contributed by atoms with Crippen LogP contribution in [0.1, 0.15) is 87.2 Å². The summed E-state index contributed by atoms with van der Waals surface area (Å²) in [5.41, 5.74) is 4.31. The van der Waals surface area contributed by atoms with Gasteiger partial charge < -0.3 is 10.0 Å². The lowest BCUT2D eigenvalue weighted by Gasteiger charge is -2.35. The molecule has 1 saturated heterocycles. The molecule has 3 aromatic rings. The third-order valence-corrected chi connectivity index (χ3v) is 11.5. The molecule has 1 N–H and O–H groups in total. The summed E-state index contributed by atoms with van der Waals surface area (Å²) in [5.74, 6) is 0.197. The normalized spacial score (nSPS) is 20.6. The Balaban J connectivity index is 0.00000289. The molecule has 1 saturated carbocycles. The van der Waals surface area contributed by atoms with Gasteiger partial charge in [0.2, 0.25) is 0 Å². The van der Waals surface area contributed by atoms with Crippen molar-refractivity contribution in [3.05, 3.63) is 82.9 Å². The third-order valence-electron chi connectivity index (χ3n) is 10.4. The van der Waals surface area contributed by atoms with Crippen LogP contribution in [0.4, 0.5) is 4.39 Å². The topological polar surface area (TPSA) is 95.7 Å². The van der Waals surface area contributed by atoms with E-state index < -0.39 is 21.8 Å². The lowest BCUT2D eigenvalue weighted by molar-refractivity contribution is -0.144. The Morgan fingerprint density at radius 2 is 1.70 bits per heavy atom. The minimum absolute atomic E-state index is 0. The van der Waals surface area contributed by atoms with Gasteiger partial charge >= 0.3 is 5.97 Å². The maximum Gasteiger partial charge on any atom is 0.320 e. The SMILES string of the molecule is CCn1nc(Cc2ccc(S(C)(=O)=O)cc2)cc1C1CCN(C[C@H]2C[C@H](N(C)[C@H](CC(C)C)C(=O)O)C[C@@H]2c2cccc(F)c2)CC1.Cl.Cl.Cl. The zero-order valence-corrected chi connectivity index (χ0v) is 33.0. The van der Waals surface area contributed by atoms with Gasteiger partial charge in [0.15, 0.2) is 9.84 Å². The number of hydrogen-bond donors (Lipinski definition) is 1. The van der Waals surface area contributed by atoms with Crippen LogP contribution < -0.4 is 0 Å². The Morgan fingerprint density at radius 1 is 1.04 bits per heavy atom. The number of piperidine rings is 1. The molecule has 8 nitrogen and oxygen atoms in total. The van der Waals surface area contributed by atoms with Gasteiger partial charge in [-0.2, -0.15) is 5.10 Å². The highest BCUT2D eigenvalue weighted by molar-refractivity contribution is 7.90. The van der Waals surface area contributed by atoms with Crippen LogP contribution in [0.25, 0.3) is 0 Å². The molecular formula is C37H54Cl3FN4O4S. The standard InChI is InChI=1S/C37H51FN4O4S.3ClH/c1-6-42-35(22-31(39-42)19-26-10-12-33(13-11-26)47(5,45)46)27-14-16-41(17-15-27)24-29-21-32(40(4)36(37(43)44)18-25(2)3)23-34(29)28-8-7-9-30(38)20-28;;;/h7-13,20,22,25,27,29,32,34,36H,6,14-19,21,23-24H2,1-5H3,(H,43,44);3*1H/t29-,32+,34-,36-;;;/m1.../s1. The molecule has 50 heavy (non-hydrogen) atoms. The summed E-state index contributed by atoms with van der Waals surface area (Å²) in [6.07, 6.45) is 6.28. The summed E-state index contributed by atoms with van der Waals surface area (Å²) in [5, 5.41) is 14.9. The van der Waals surface area contributed by atoms with E-state index in [1.54, 1.807) is 24.3 Å². The van der Waals surface area contributed by atoms with Crippen molar-refractivity contribution < 1.29 is 22.7 Å². The largest absolute Gasteiger partial charge is 0.480 e. The van der Waals surface area contributed by atoms with E-state index in [4.69, 9.17) is 5.10 Å². The number of halogens is 4. The number of rotatable bonds is 13. The van der Waals surface area contributed by atoms with E-state index in [9.17, 15) is 22.7 Å². The Bertz CT molecular complexity index is 1630. The van der Waals surface area contributed by atoms with Crippen molar-refractivity contribution in [3.63, 3.8) is 0 Å². The summed E-state index contributed by atoms with van der Waals surface area (Å²) >= 11 is 0. The molecule has 1 aliphatic carbocycles. The lowest BCUT2D eigenvalue weighted by atomic mass is 9.87. The highest BCUT2D eigenvalue weighted by Gasteiger charge is 2.41. The molecule has 2 aromatic carbocycles. The Hall–Kier alpha value is -2.21. The Kier molecular flexibility index (Phi) is 16.7. The fourth-order valence-corrected chi connectivity index (χ4v) is 8.51. The number of carboxylic acid groups (broad SMARTS) is 1. The first-order valence-electron chi connectivity index (χ1n) is 17.1. The average molecular weight is 776 g/mol. The van der Waals surface area contributed by atoms with Gasteiger partial charge in [-0.05, 0) is 118 Å². The summed E-state index contributed by atoms with van der Waals surface area (Å²) in [6.45, 7) is 9.91. The zero-order chi connectivity index (χ0) is 33.9. The molecule has 2 heterocycles. The van der Waals surface area contributed by atoms with Crippen LogP contribution in [0.3, 0.4) is 0 Å². The molecule has 13 heteroatoms. The number of aliphatic carboxylic acids is 1. The van der Waals surface area contributed by atoms with Crippen molar-refractivity contribution in [1.82, 2.24) is 19.6 Å². The molecular weight excluding hydrogens is 722 g/mol. The Labute approximate surface area is 316 Å². The fraction of sp³-hybridized carbons (Fsp3) is 0.568. The van der Waals surface area contributed by atoms with Gasteiger partial charge in [-0.3, -0.25) is 14.4 Å². The number of sulfone groups is 1. The van der Waals surface area contributed by atoms with Crippen LogP contribution in [0, 0.1) is 17.7 Å². The molecule has 1 aromatic heterocycles. The van der Waals surface area contributed by atoms with E-state index in [0.29, 0.717) is 29.6 Å². The maximum atomic E-state index is 14.4. The van der Waals surface area contributed by atoms with Crippen LogP contribution in [-0.4, -0.2) is 84.1 Å². The maximum absolute atomic E-state index is 14.4. The fourth-order valence-electron chi connectivity index (χ4n) is 7.88. The number of carbonyl (C=O) groups is 1. The first-order chi connectivity index (χ1) is 22.3. The van der Waals surface area contributed by atoms with Crippen LogP contribution in [0.15, 0.2) is 59.5 Å². The predicted octanol–water partition coefficient (Wildman–Crippen LogP) is 7.47. The summed E-state index contributed by atoms with van der Waals surface area (Å²) in [6, 6.07) is 15.9. The van der Waals surface area contributed by atoms with E-state index in [0.717, 1.165) is 68.7 Å². The van der Waals surface area contributed by atoms with E-state index in [1.165, 1.54) is 18.0 Å². The summed E-state index contributed by atoms with van der Waals surface area (Å²) in [7, 11) is -1.27. The quantitative estimate of drug-likeness (QED) is 0.193. The number of hydrogen-bond acceptors (Lipinski definition) is 6. The Morgan fingerprint density at radius 3 is 2.26 bits per heavy atom. The van der Waals surface area contributed by atoms with Crippen molar-refractivity contribution in [3.8, 4) is 0 Å². The van der Waals surface area contributed by atoms with Gasteiger partial charge in [0, 0.05) is 43.4 Å². The summed E-state index contributed by atoms with van der Waals surface area (Å²) < 4.78 is 40.2. The van der Waals surface area contributed by atoms with Crippen molar-refractivity contribution >= 4 is 53.0 Å². The smallest absolute Gasteiger partial charge is 0.320 e. The number of nitrogens with zero attached hydrogens (tertiary/aromatic N) is 4. The molecule has 2 fully saturated rings. The highest BCUT2D eigenvalue weighted by Crippen LogP contribution is 2.43. The molecule has 280 valence electrons. The average Bonchev–Trinajstić information content (AvgIpc) is 3.64. The predicted molar refractivity (Wildman–Crippen MR) is 205 cm³/mol. The molecule has 0 amide bonds. The number of carboxylic acids is 1. The van der Waals surface area contributed by atoms with Crippen LogP contribution in [0.5, 0.6) is 0 Å². The lowest BCUT2D eigenvalue weighted by Crippen LogP contribution is -2.45. The molecule has 2 aliphatic rings. The number of benzene rings is 2. The van der Waals surface area contributed by atoms with Crippen molar-refractivity contribution in [2.24, 2.45) is 11.8 Å². The number of aryl methyl sites for hydroxylation is 1. The van der Waals surface area contributed by atoms with E-state index >= 15 is 0 Å². The van der Waals surface area contributed by atoms with Gasteiger partial charge in [-0.1, -0.05) is 38.1 Å². The summed E-state index contributed by atoms with van der Waals surface area (Å²) in [4.78, 5) is 17.2.